The predicted octanol–water partition coefficient (Wildman–Crippen LogP) is 5.26. The quantitative estimate of drug-likeness (QED) is 0.404. The standard InChI is InChI=1S/C26H30N2O4S2/c1-4-18(2)28(26(30)24-9-6-13-33-24)16-25(29)27-12-10-23-21(11-14-34-23)22(27)17-32-20-8-5-7-19(15-20)31-3/h5-9,11,13-15,18,22H,4,10,12,16-17H2,1-3H3. The molecule has 8 heteroatoms. The molecule has 0 radical (unpaired) electrons. The van der Waals surface area contributed by atoms with Crippen molar-refractivity contribution < 1.29 is 19.1 Å². The first-order valence-corrected chi connectivity index (χ1v) is 13.2. The number of fused-ring (bicyclic) bond motifs is 1. The second-order valence-corrected chi connectivity index (χ2v) is 10.3. The first-order valence-electron chi connectivity index (χ1n) is 11.5. The zero-order valence-electron chi connectivity index (χ0n) is 19.7. The van der Waals surface area contributed by atoms with Crippen LogP contribution in [0.1, 0.15) is 46.4 Å². The topological polar surface area (TPSA) is 59.1 Å². The number of amides is 2. The van der Waals surface area contributed by atoms with E-state index in [1.54, 1.807) is 23.3 Å². The van der Waals surface area contributed by atoms with Crippen molar-refractivity contribution in [3.05, 3.63) is 68.5 Å². The van der Waals surface area contributed by atoms with Crippen LogP contribution in [0.3, 0.4) is 0 Å². The Morgan fingerprint density at radius 1 is 1.15 bits per heavy atom. The lowest BCUT2D eigenvalue weighted by atomic mass is 10.00. The average molecular weight is 499 g/mol. The molecule has 2 amide bonds. The zero-order chi connectivity index (χ0) is 24.1. The summed E-state index contributed by atoms with van der Waals surface area (Å²) in [6.45, 7) is 5.04. The average Bonchev–Trinajstić information content (AvgIpc) is 3.57. The molecule has 34 heavy (non-hydrogen) atoms. The van der Waals surface area contributed by atoms with Crippen LogP contribution in [-0.4, -0.2) is 54.5 Å². The Labute approximate surface area is 208 Å². The molecule has 0 bridgehead atoms. The summed E-state index contributed by atoms with van der Waals surface area (Å²) in [4.78, 5) is 32.3. The molecule has 1 aromatic carbocycles. The Kier molecular flexibility index (Phi) is 7.90. The van der Waals surface area contributed by atoms with Crippen LogP contribution in [0.5, 0.6) is 11.5 Å². The fraction of sp³-hybridized carbons (Fsp3) is 0.385. The number of nitrogens with zero attached hydrogens (tertiary/aromatic N) is 2. The van der Waals surface area contributed by atoms with Crippen molar-refractivity contribution in [2.75, 3.05) is 26.8 Å². The summed E-state index contributed by atoms with van der Waals surface area (Å²) in [6, 6.07) is 13.0. The molecule has 1 aliphatic rings. The molecule has 180 valence electrons. The van der Waals surface area contributed by atoms with E-state index in [9.17, 15) is 9.59 Å². The van der Waals surface area contributed by atoms with E-state index in [4.69, 9.17) is 9.47 Å². The normalized spacial score (nSPS) is 16.0. The maximum atomic E-state index is 13.6. The van der Waals surface area contributed by atoms with Gasteiger partial charge in [-0.2, -0.15) is 0 Å². The molecule has 0 aliphatic carbocycles. The number of thiophene rings is 2. The zero-order valence-corrected chi connectivity index (χ0v) is 21.4. The van der Waals surface area contributed by atoms with Gasteiger partial charge in [-0.15, -0.1) is 22.7 Å². The molecule has 3 heterocycles. The fourth-order valence-corrected chi connectivity index (χ4v) is 5.77. The molecule has 2 unspecified atom stereocenters. The Hall–Kier alpha value is -2.84. The van der Waals surface area contributed by atoms with E-state index in [2.05, 4.69) is 11.4 Å². The second-order valence-electron chi connectivity index (χ2n) is 8.31. The lowest BCUT2D eigenvalue weighted by molar-refractivity contribution is -0.136. The first kappa shape index (κ1) is 24.3. The molecule has 2 aromatic heterocycles. The van der Waals surface area contributed by atoms with Crippen molar-refractivity contribution in [2.24, 2.45) is 0 Å². The summed E-state index contributed by atoms with van der Waals surface area (Å²) in [5, 5.41) is 3.96. The van der Waals surface area contributed by atoms with Gasteiger partial charge in [-0.25, -0.2) is 0 Å². The molecule has 0 N–H and O–H groups in total. The van der Waals surface area contributed by atoms with Crippen LogP contribution in [0.2, 0.25) is 0 Å². The first-order chi connectivity index (χ1) is 16.5. The minimum absolute atomic E-state index is 0.0356. The molecule has 0 saturated carbocycles. The summed E-state index contributed by atoms with van der Waals surface area (Å²) >= 11 is 3.13. The van der Waals surface area contributed by atoms with Crippen LogP contribution < -0.4 is 9.47 Å². The highest BCUT2D eigenvalue weighted by Crippen LogP contribution is 2.34. The Bertz CT molecular complexity index is 1110. The number of carbonyl (C=O) groups is 2. The van der Waals surface area contributed by atoms with Gasteiger partial charge in [-0.1, -0.05) is 19.1 Å². The summed E-state index contributed by atoms with van der Waals surface area (Å²) in [7, 11) is 1.62. The molecular formula is C26H30N2O4S2. The SMILES string of the molecule is CCC(C)N(CC(=O)N1CCc2sccc2C1COc1cccc(OC)c1)C(=O)c1cccs1. The molecule has 0 spiro atoms. The van der Waals surface area contributed by atoms with Crippen molar-refractivity contribution >= 4 is 34.5 Å². The van der Waals surface area contributed by atoms with Gasteiger partial charge >= 0.3 is 0 Å². The van der Waals surface area contributed by atoms with Gasteiger partial charge in [-0.3, -0.25) is 9.59 Å². The van der Waals surface area contributed by atoms with E-state index in [-0.39, 0.29) is 30.4 Å². The van der Waals surface area contributed by atoms with Gasteiger partial charge in [0.2, 0.25) is 5.91 Å². The van der Waals surface area contributed by atoms with Gasteiger partial charge in [0.1, 0.15) is 24.7 Å². The summed E-state index contributed by atoms with van der Waals surface area (Å²) < 4.78 is 11.4. The molecule has 0 saturated heterocycles. The molecule has 3 aromatic rings. The molecular weight excluding hydrogens is 468 g/mol. The molecule has 4 rings (SSSR count). The van der Waals surface area contributed by atoms with Crippen molar-refractivity contribution in [2.45, 2.75) is 38.8 Å². The van der Waals surface area contributed by atoms with E-state index < -0.39 is 0 Å². The van der Waals surface area contributed by atoms with E-state index in [0.717, 1.165) is 24.2 Å². The van der Waals surface area contributed by atoms with Crippen molar-refractivity contribution in [1.29, 1.82) is 0 Å². The van der Waals surface area contributed by atoms with Gasteiger partial charge in [0.05, 0.1) is 18.0 Å². The van der Waals surface area contributed by atoms with Crippen molar-refractivity contribution in [3.8, 4) is 11.5 Å². The summed E-state index contributed by atoms with van der Waals surface area (Å²) in [5.74, 6) is 1.28. The molecule has 6 nitrogen and oxygen atoms in total. The number of rotatable bonds is 9. The Morgan fingerprint density at radius 2 is 1.97 bits per heavy atom. The third-order valence-electron chi connectivity index (χ3n) is 6.29. The maximum absolute atomic E-state index is 13.6. The van der Waals surface area contributed by atoms with Crippen LogP contribution in [-0.2, 0) is 11.2 Å². The second kappa shape index (κ2) is 11.1. The third kappa shape index (κ3) is 5.28. The van der Waals surface area contributed by atoms with E-state index in [1.807, 2.05) is 60.5 Å². The number of ether oxygens (including phenoxy) is 2. The van der Waals surface area contributed by atoms with E-state index in [1.165, 1.54) is 16.2 Å². The van der Waals surface area contributed by atoms with Gasteiger partial charge in [0, 0.05) is 23.5 Å². The van der Waals surface area contributed by atoms with Crippen molar-refractivity contribution in [3.63, 3.8) is 0 Å². The Morgan fingerprint density at radius 3 is 2.71 bits per heavy atom. The largest absolute Gasteiger partial charge is 0.497 e. The number of benzene rings is 1. The highest BCUT2D eigenvalue weighted by Gasteiger charge is 2.34. The van der Waals surface area contributed by atoms with Crippen molar-refractivity contribution in [1.82, 2.24) is 9.80 Å². The molecule has 2 atom stereocenters. The van der Waals surface area contributed by atoms with Gasteiger partial charge in [0.15, 0.2) is 0 Å². The minimum atomic E-state index is -0.204. The third-order valence-corrected chi connectivity index (χ3v) is 8.14. The van der Waals surface area contributed by atoms with Gasteiger partial charge < -0.3 is 19.3 Å². The van der Waals surface area contributed by atoms with Crippen LogP contribution >= 0.6 is 22.7 Å². The maximum Gasteiger partial charge on any atom is 0.264 e. The number of hydrogen-bond donors (Lipinski definition) is 0. The fourth-order valence-electron chi connectivity index (χ4n) is 4.17. The molecule has 1 aliphatic heterocycles. The smallest absolute Gasteiger partial charge is 0.264 e. The Balaban J connectivity index is 1.53. The summed E-state index contributed by atoms with van der Waals surface area (Å²) in [6.07, 6.45) is 1.60. The highest BCUT2D eigenvalue weighted by molar-refractivity contribution is 7.12. The highest BCUT2D eigenvalue weighted by atomic mass is 32.1. The summed E-state index contributed by atoms with van der Waals surface area (Å²) in [5.41, 5.74) is 1.13. The van der Waals surface area contributed by atoms with Crippen LogP contribution in [0.25, 0.3) is 0 Å². The number of carbonyl (C=O) groups excluding carboxylic acids is 2. The predicted molar refractivity (Wildman–Crippen MR) is 136 cm³/mol. The minimum Gasteiger partial charge on any atom is -0.497 e. The van der Waals surface area contributed by atoms with E-state index in [0.29, 0.717) is 23.8 Å². The monoisotopic (exact) mass is 498 g/mol. The van der Waals surface area contributed by atoms with Gasteiger partial charge in [-0.05, 0) is 60.4 Å². The van der Waals surface area contributed by atoms with Crippen LogP contribution in [0.15, 0.2) is 53.2 Å². The number of methoxy groups -OCH3 is 1. The van der Waals surface area contributed by atoms with E-state index >= 15 is 0 Å². The van der Waals surface area contributed by atoms with Crippen LogP contribution in [0, 0.1) is 0 Å². The van der Waals surface area contributed by atoms with Gasteiger partial charge in [0.25, 0.3) is 5.91 Å². The number of hydrogen-bond acceptors (Lipinski definition) is 6. The molecule has 0 fully saturated rings. The van der Waals surface area contributed by atoms with Crippen LogP contribution in [0.4, 0.5) is 0 Å². The lowest BCUT2D eigenvalue weighted by Crippen LogP contribution is -2.49. The lowest BCUT2D eigenvalue weighted by Gasteiger charge is -2.38.